The lowest BCUT2D eigenvalue weighted by Gasteiger charge is -2.61. The summed E-state index contributed by atoms with van der Waals surface area (Å²) in [5, 5.41) is 0. The van der Waals surface area contributed by atoms with Crippen LogP contribution in [0, 0.1) is 52.3 Å². The highest BCUT2D eigenvalue weighted by molar-refractivity contribution is 6.71. The summed E-state index contributed by atoms with van der Waals surface area (Å²) in [6.45, 7) is 18.5. The van der Waals surface area contributed by atoms with Crippen LogP contribution in [-0.2, 0) is 4.74 Å². The van der Waals surface area contributed by atoms with Crippen LogP contribution >= 0.6 is 0 Å². The van der Waals surface area contributed by atoms with E-state index in [1.165, 1.54) is 121 Å². The first-order chi connectivity index (χ1) is 30.9. The third kappa shape index (κ3) is 6.68. The van der Waals surface area contributed by atoms with Crippen LogP contribution in [0.25, 0.3) is 0 Å². The molecule has 8 aliphatic carbocycles. The molecule has 0 amide bonds. The van der Waals surface area contributed by atoms with Crippen molar-refractivity contribution in [3.8, 4) is 0 Å². The first-order valence-electron chi connectivity index (χ1n) is 27.8. The lowest BCUT2D eigenvalue weighted by Crippen LogP contribution is -2.70. The zero-order valence-corrected chi connectivity index (χ0v) is 41.5. The number of hydrogen-bond acceptors (Lipinski definition) is 4. The largest absolute Gasteiger partial charge is 0.376 e. The van der Waals surface area contributed by atoms with Crippen LogP contribution in [0.3, 0.4) is 0 Å². The number of hydrogen-bond donors (Lipinski definition) is 0. The Morgan fingerprint density at radius 1 is 0.797 bits per heavy atom. The van der Waals surface area contributed by atoms with E-state index in [1.807, 2.05) is 5.47 Å². The molecule has 4 nitrogen and oxygen atoms in total. The molecule has 4 saturated carbocycles. The Bertz CT molecular complexity index is 2020. The lowest BCUT2D eigenvalue weighted by atomic mass is 9.24. The van der Waals surface area contributed by atoms with Gasteiger partial charge in [0.15, 0.2) is 0 Å². The predicted octanol–water partition coefficient (Wildman–Crippen LogP) is 14.2. The smallest absolute Gasteiger partial charge is 0.216 e. The van der Waals surface area contributed by atoms with E-state index in [9.17, 15) is 0 Å². The quantitative estimate of drug-likeness (QED) is 0.202. The summed E-state index contributed by atoms with van der Waals surface area (Å²) < 4.78 is 7.90. The Labute approximate surface area is 390 Å². The molecule has 11 unspecified atom stereocenters. The Morgan fingerprint density at radius 3 is 2.30 bits per heavy atom. The van der Waals surface area contributed by atoms with Gasteiger partial charge in [-0.3, -0.25) is 4.90 Å². The number of nitrogens with zero attached hydrogens (tertiary/aromatic N) is 3. The number of fused-ring (bicyclic) bond motifs is 7. The minimum absolute atomic E-state index is 0.155. The van der Waals surface area contributed by atoms with Crippen molar-refractivity contribution in [1.29, 1.82) is 0 Å². The van der Waals surface area contributed by atoms with Crippen LogP contribution in [0.2, 0.25) is 5.82 Å². The molecule has 0 bridgehead atoms. The monoisotopic (exact) mass is 864 g/mol. The molecule has 346 valence electrons. The standard InChI is InChI=1S/C59H86BN3O/c1-38-21-26-44(27-22-38)61(45-28-23-39(2)24-29-45)46-36-50-53-51(37-46)63-55-48(59(58(63,6)7)31-15-10-16-32-59)33-41(40-17-11-8-12-18-40)34-49(55)60(53)56-54(62(50)43-19-13-9-14-20-43)47-35-42(57(3,4)5)25-30-52(47)64-56/h13,19-21,25-27,30,36,38-42,45,47-49,51-52,54-56H,8-12,14-18,22-24,28-29,31-35,37H2,1-7H3. The molecule has 0 aromatic rings. The van der Waals surface area contributed by atoms with Gasteiger partial charge in [-0.15, -0.1) is 0 Å². The van der Waals surface area contributed by atoms with E-state index in [1.54, 1.807) is 11.4 Å². The van der Waals surface area contributed by atoms with E-state index in [2.05, 4.69) is 118 Å². The fourth-order valence-electron chi connectivity index (χ4n) is 18.4. The van der Waals surface area contributed by atoms with Crippen molar-refractivity contribution < 1.29 is 4.74 Å². The summed E-state index contributed by atoms with van der Waals surface area (Å²) in [7, 11) is 0. The molecule has 64 heavy (non-hydrogen) atoms. The van der Waals surface area contributed by atoms with Crippen molar-refractivity contribution in [3.63, 3.8) is 0 Å². The fraction of sp³-hybridized carbons (Fsp3) is 0.763. The highest BCUT2D eigenvalue weighted by Crippen LogP contribution is 2.71. The SMILES string of the molecule is CC1C=CC(N(C2=CC3=C4B(C5CC(C6CCCCC6)CC6C5N(C4C2)C(C)(C)C62CCCCC2)C2OC4C=CC(C(C)(C)C)CC4C2N3C2=CCCC=C2)C2CCC(C)CC2)=CC1. The van der Waals surface area contributed by atoms with Crippen LogP contribution in [-0.4, -0.2) is 63.2 Å². The number of allylic oxidation sites excluding steroid dienone is 8. The summed E-state index contributed by atoms with van der Waals surface area (Å²) in [5.41, 5.74) is 8.86. The van der Waals surface area contributed by atoms with Crippen LogP contribution in [0.15, 0.2) is 82.9 Å². The molecule has 12 rings (SSSR count). The second-order valence-electron chi connectivity index (χ2n) is 26.1. The van der Waals surface area contributed by atoms with Crippen molar-refractivity contribution in [2.75, 3.05) is 0 Å². The predicted molar refractivity (Wildman–Crippen MR) is 266 cm³/mol. The first-order valence-corrected chi connectivity index (χ1v) is 27.8. The zero-order valence-electron chi connectivity index (χ0n) is 41.5. The maximum Gasteiger partial charge on any atom is 0.216 e. The van der Waals surface area contributed by atoms with Gasteiger partial charge in [-0.2, -0.15) is 0 Å². The van der Waals surface area contributed by atoms with E-state index in [0.29, 0.717) is 59.9 Å². The molecule has 1 spiro atoms. The van der Waals surface area contributed by atoms with Gasteiger partial charge in [0, 0.05) is 58.8 Å². The third-order valence-corrected chi connectivity index (χ3v) is 21.5. The molecule has 0 aromatic heterocycles. The highest BCUT2D eigenvalue weighted by Gasteiger charge is 2.74. The highest BCUT2D eigenvalue weighted by atomic mass is 16.5. The average molecular weight is 864 g/mol. The van der Waals surface area contributed by atoms with E-state index < -0.39 is 0 Å². The molecule has 5 heteroatoms. The molecule has 12 aliphatic rings. The van der Waals surface area contributed by atoms with Gasteiger partial charge in [0.2, 0.25) is 6.71 Å². The number of rotatable bonds is 5. The van der Waals surface area contributed by atoms with Crippen LogP contribution in [0.4, 0.5) is 0 Å². The van der Waals surface area contributed by atoms with E-state index >= 15 is 0 Å². The van der Waals surface area contributed by atoms with Crippen molar-refractivity contribution in [2.24, 2.45) is 52.3 Å². The van der Waals surface area contributed by atoms with Crippen LogP contribution in [0.5, 0.6) is 0 Å². The van der Waals surface area contributed by atoms with Gasteiger partial charge in [-0.1, -0.05) is 134 Å². The van der Waals surface area contributed by atoms with Gasteiger partial charge >= 0.3 is 0 Å². The maximum absolute atomic E-state index is 7.90. The zero-order chi connectivity index (χ0) is 43.7. The van der Waals surface area contributed by atoms with Gasteiger partial charge in [-0.25, -0.2) is 0 Å². The van der Waals surface area contributed by atoms with Gasteiger partial charge in [0.25, 0.3) is 0 Å². The average Bonchev–Trinajstić information content (AvgIpc) is 3.76. The summed E-state index contributed by atoms with van der Waals surface area (Å²) in [6.07, 6.45) is 52.4. The number of ether oxygens (including phenoxy) is 1. The second-order valence-corrected chi connectivity index (χ2v) is 26.1. The molecular formula is C59H86BN3O. The van der Waals surface area contributed by atoms with Gasteiger partial charge in [0.1, 0.15) is 0 Å². The minimum atomic E-state index is 0.155. The Morgan fingerprint density at radius 2 is 1.58 bits per heavy atom. The topological polar surface area (TPSA) is 19.0 Å². The van der Waals surface area contributed by atoms with Crippen molar-refractivity contribution in [1.82, 2.24) is 14.7 Å². The second kappa shape index (κ2) is 16.2. The molecule has 0 aromatic carbocycles. The maximum atomic E-state index is 7.90. The fourth-order valence-corrected chi connectivity index (χ4v) is 18.4. The first kappa shape index (κ1) is 43.1. The van der Waals surface area contributed by atoms with Crippen molar-refractivity contribution in [2.45, 2.75) is 231 Å². The van der Waals surface area contributed by atoms with E-state index in [0.717, 1.165) is 49.4 Å². The Balaban J connectivity index is 1.08. The molecule has 3 saturated heterocycles. The summed E-state index contributed by atoms with van der Waals surface area (Å²) in [6, 6.07) is 2.27. The molecule has 7 fully saturated rings. The molecule has 4 aliphatic heterocycles. The molecule has 0 radical (unpaired) electrons. The molecular weight excluding hydrogens is 777 g/mol. The Kier molecular flexibility index (Phi) is 10.9. The minimum Gasteiger partial charge on any atom is -0.376 e. The van der Waals surface area contributed by atoms with Crippen LogP contribution in [0.1, 0.15) is 183 Å². The molecule has 0 N–H and O–H groups in total. The van der Waals surface area contributed by atoms with Gasteiger partial charge < -0.3 is 14.5 Å². The summed E-state index contributed by atoms with van der Waals surface area (Å²) in [5.74, 6) is 5.82. The van der Waals surface area contributed by atoms with Crippen LogP contribution < -0.4 is 0 Å². The lowest BCUT2D eigenvalue weighted by molar-refractivity contribution is -0.00450. The normalized spacial score (nSPS) is 42.4. The summed E-state index contributed by atoms with van der Waals surface area (Å²) >= 11 is 0. The van der Waals surface area contributed by atoms with Gasteiger partial charge in [-0.05, 0) is 155 Å². The van der Waals surface area contributed by atoms with Gasteiger partial charge in [0.05, 0.1) is 18.1 Å². The Hall–Kier alpha value is -2.24. The van der Waals surface area contributed by atoms with E-state index in [-0.39, 0.29) is 23.1 Å². The van der Waals surface area contributed by atoms with E-state index in [4.69, 9.17) is 4.74 Å². The molecule has 11 atom stereocenters. The third-order valence-electron chi connectivity index (χ3n) is 21.5. The van der Waals surface area contributed by atoms with Crippen molar-refractivity contribution >= 4 is 6.71 Å². The summed E-state index contributed by atoms with van der Waals surface area (Å²) in [4.78, 5) is 9.35. The molecule has 4 heterocycles. The van der Waals surface area contributed by atoms with Crippen molar-refractivity contribution in [3.05, 3.63) is 82.9 Å².